The first-order valence-corrected chi connectivity index (χ1v) is 7.84. The van der Waals surface area contributed by atoms with E-state index in [1.165, 1.54) is 6.20 Å². The van der Waals surface area contributed by atoms with E-state index in [0.717, 1.165) is 10.6 Å². The number of halogens is 3. The van der Waals surface area contributed by atoms with Gasteiger partial charge in [-0.15, -0.1) is 0 Å². The van der Waals surface area contributed by atoms with Crippen LogP contribution in [0.3, 0.4) is 0 Å². The zero-order valence-electron chi connectivity index (χ0n) is 13.7. The lowest BCUT2D eigenvalue weighted by Gasteiger charge is -2.33. The number of amides is 1. The van der Waals surface area contributed by atoms with Crippen LogP contribution >= 0.6 is 0 Å². The van der Waals surface area contributed by atoms with Gasteiger partial charge in [-0.2, -0.15) is 23.5 Å². The number of alkyl halides is 3. The first kappa shape index (κ1) is 17.9. The van der Waals surface area contributed by atoms with Crippen molar-refractivity contribution in [3.63, 3.8) is 0 Å². The number of carbonyl (C=O) groups is 1. The smallest absolute Gasteiger partial charge is 0.376 e. The second-order valence-electron chi connectivity index (χ2n) is 6.16. The highest BCUT2D eigenvalue weighted by Crippen LogP contribution is 2.32. The number of nitriles is 1. The monoisotopic (exact) mass is 364 g/mol. The Morgan fingerprint density at radius 2 is 2.12 bits per heavy atom. The lowest BCUT2D eigenvalue weighted by Crippen LogP contribution is -2.48. The summed E-state index contributed by atoms with van der Waals surface area (Å²) in [5.41, 5.74) is 2.30. The van der Waals surface area contributed by atoms with Gasteiger partial charge in [0.05, 0.1) is 23.1 Å². The highest BCUT2D eigenvalue weighted by atomic mass is 19.4. The van der Waals surface area contributed by atoms with Crippen LogP contribution < -0.4 is 0 Å². The standard InChI is InChI=1S/C17H15F3N4O2/c1-10-8-23(16(26)15(25)17(18,19)20)9-12-7-22-24(14(10)12)13-5-3-2-4-11(13)6-21/h2-5,7,10,15,25H,8-9H2,1H3/t10-,15?/m1/s1. The van der Waals surface area contributed by atoms with Crippen LogP contribution in [-0.2, 0) is 11.3 Å². The van der Waals surface area contributed by atoms with E-state index in [1.807, 2.05) is 0 Å². The summed E-state index contributed by atoms with van der Waals surface area (Å²) in [5.74, 6) is -1.70. The number of carbonyl (C=O) groups excluding carboxylic acids is 1. The number of aromatic nitrogens is 2. The second kappa shape index (κ2) is 6.46. The number of fused-ring (bicyclic) bond motifs is 1. The largest absolute Gasteiger partial charge is 0.423 e. The summed E-state index contributed by atoms with van der Waals surface area (Å²) in [6, 6.07) is 8.93. The van der Waals surface area contributed by atoms with Crippen molar-refractivity contribution in [3.05, 3.63) is 47.3 Å². The second-order valence-corrected chi connectivity index (χ2v) is 6.16. The first-order chi connectivity index (χ1) is 12.2. The molecular weight excluding hydrogens is 349 g/mol. The Morgan fingerprint density at radius 3 is 2.77 bits per heavy atom. The van der Waals surface area contributed by atoms with Crippen molar-refractivity contribution < 1.29 is 23.1 Å². The maximum absolute atomic E-state index is 12.6. The van der Waals surface area contributed by atoms with Crippen LogP contribution in [0.5, 0.6) is 0 Å². The summed E-state index contributed by atoms with van der Waals surface area (Å²) in [5, 5.41) is 22.7. The van der Waals surface area contributed by atoms with Gasteiger partial charge in [0.25, 0.3) is 5.91 Å². The number of rotatable bonds is 2. The van der Waals surface area contributed by atoms with Gasteiger partial charge >= 0.3 is 6.18 Å². The Kier molecular flexibility index (Phi) is 4.46. The number of benzene rings is 1. The summed E-state index contributed by atoms with van der Waals surface area (Å²) in [7, 11) is 0. The molecule has 2 atom stereocenters. The van der Waals surface area contributed by atoms with E-state index in [-0.39, 0.29) is 19.0 Å². The molecule has 1 amide bonds. The molecule has 0 saturated heterocycles. The molecule has 6 nitrogen and oxygen atoms in total. The van der Waals surface area contributed by atoms with Crippen LogP contribution in [0.15, 0.2) is 30.5 Å². The van der Waals surface area contributed by atoms with Gasteiger partial charge in [0.1, 0.15) is 6.07 Å². The Balaban J connectivity index is 1.94. The number of hydrogen-bond acceptors (Lipinski definition) is 4. The molecule has 9 heteroatoms. The summed E-state index contributed by atoms with van der Waals surface area (Å²) in [4.78, 5) is 12.9. The molecule has 0 aliphatic carbocycles. The van der Waals surface area contributed by atoms with E-state index < -0.39 is 18.2 Å². The molecule has 1 aliphatic rings. The molecule has 1 aromatic heterocycles. The van der Waals surface area contributed by atoms with Crippen molar-refractivity contribution in [1.29, 1.82) is 5.26 Å². The maximum atomic E-state index is 12.6. The molecule has 0 spiro atoms. The Bertz CT molecular complexity index is 885. The van der Waals surface area contributed by atoms with Crippen molar-refractivity contribution in [3.8, 4) is 11.8 Å². The fourth-order valence-corrected chi connectivity index (χ4v) is 3.15. The fourth-order valence-electron chi connectivity index (χ4n) is 3.15. The van der Waals surface area contributed by atoms with Gasteiger partial charge in [-0.1, -0.05) is 19.1 Å². The van der Waals surface area contributed by atoms with Gasteiger partial charge in [-0.3, -0.25) is 4.79 Å². The number of para-hydroxylation sites is 1. The summed E-state index contributed by atoms with van der Waals surface area (Å²) in [6.07, 6.45) is -6.57. The molecule has 0 fully saturated rings. The molecular formula is C17H15F3N4O2. The van der Waals surface area contributed by atoms with Crippen LogP contribution in [0.4, 0.5) is 13.2 Å². The average molecular weight is 364 g/mol. The summed E-state index contributed by atoms with van der Waals surface area (Å²) in [6.45, 7) is 1.69. The molecule has 0 bridgehead atoms. The van der Waals surface area contributed by atoms with Crippen molar-refractivity contribution >= 4 is 5.91 Å². The molecule has 1 unspecified atom stereocenters. The van der Waals surface area contributed by atoms with Gasteiger partial charge in [0.2, 0.25) is 6.10 Å². The Hall–Kier alpha value is -2.86. The molecule has 0 radical (unpaired) electrons. The minimum atomic E-state index is -5.00. The fraction of sp³-hybridized carbons (Fsp3) is 0.353. The van der Waals surface area contributed by atoms with Crippen LogP contribution in [0.2, 0.25) is 0 Å². The minimum Gasteiger partial charge on any atom is -0.376 e. The molecule has 26 heavy (non-hydrogen) atoms. The third-order valence-electron chi connectivity index (χ3n) is 4.32. The third-order valence-corrected chi connectivity index (χ3v) is 4.32. The number of nitrogens with zero attached hydrogens (tertiary/aromatic N) is 4. The van der Waals surface area contributed by atoms with Crippen molar-refractivity contribution in [2.45, 2.75) is 31.7 Å². The molecule has 1 aliphatic heterocycles. The van der Waals surface area contributed by atoms with E-state index in [2.05, 4.69) is 11.2 Å². The van der Waals surface area contributed by atoms with Crippen LogP contribution in [0, 0.1) is 11.3 Å². The summed E-state index contributed by atoms with van der Waals surface area (Å²) < 4.78 is 39.4. The van der Waals surface area contributed by atoms with Crippen molar-refractivity contribution in [2.24, 2.45) is 0 Å². The lowest BCUT2D eigenvalue weighted by molar-refractivity contribution is -0.211. The Morgan fingerprint density at radius 1 is 1.42 bits per heavy atom. The van der Waals surface area contributed by atoms with Gasteiger partial charge in [0.15, 0.2) is 0 Å². The molecule has 0 saturated carbocycles. The zero-order valence-corrected chi connectivity index (χ0v) is 13.7. The highest BCUT2D eigenvalue weighted by Gasteiger charge is 2.46. The lowest BCUT2D eigenvalue weighted by atomic mass is 9.97. The van der Waals surface area contributed by atoms with Crippen molar-refractivity contribution in [2.75, 3.05) is 6.54 Å². The van der Waals surface area contributed by atoms with Gasteiger partial charge in [-0.25, -0.2) is 4.68 Å². The first-order valence-electron chi connectivity index (χ1n) is 7.84. The topological polar surface area (TPSA) is 82.2 Å². The SMILES string of the molecule is C[C@@H]1CN(C(=O)C(O)C(F)(F)F)Cc2cnn(-c3ccccc3C#N)c21. The minimum absolute atomic E-state index is 0.0133. The van der Waals surface area contributed by atoms with E-state index in [4.69, 9.17) is 0 Å². The van der Waals surface area contributed by atoms with Crippen LogP contribution in [0.25, 0.3) is 5.69 Å². The van der Waals surface area contributed by atoms with Gasteiger partial charge in [-0.05, 0) is 12.1 Å². The number of hydrogen-bond donors (Lipinski definition) is 1. The van der Waals surface area contributed by atoms with Gasteiger partial charge < -0.3 is 10.0 Å². The molecule has 2 heterocycles. The molecule has 3 rings (SSSR count). The average Bonchev–Trinajstić information content (AvgIpc) is 3.04. The van der Waals surface area contributed by atoms with Gasteiger partial charge in [0, 0.05) is 24.6 Å². The van der Waals surface area contributed by atoms with E-state index >= 15 is 0 Å². The van der Waals surface area contributed by atoms with E-state index in [1.54, 1.807) is 35.9 Å². The third kappa shape index (κ3) is 3.04. The molecule has 1 aromatic carbocycles. The predicted octanol–water partition coefficient (Wildman–Crippen LogP) is 2.11. The van der Waals surface area contributed by atoms with E-state index in [0.29, 0.717) is 16.8 Å². The number of aliphatic hydroxyl groups is 1. The predicted molar refractivity (Wildman–Crippen MR) is 84.2 cm³/mol. The molecule has 2 aromatic rings. The quantitative estimate of drug-likeness (QED) is 0.885. The van der Waals surface area contributed by atoms with E-state index in [9.17, 15) is 28.3 Å². The van der Waals surface area contributed by atoms with Crippen molar-refractivity contribution in [1.82, 2.24) is 14.7 Å². The van der Waals surface area contributed by atoms with Crippen LogP contribution in [0.1, 0.15) is 29.7 Å². The highest BCUT2D eigenvalue weighted by molar-refractivity contribution is 5.81. The number of aliphatic hydroxyl groups excluding tert-OH is 1. The molecule has 136 valence electrons. The Labute approximate surface area is 147 Å². The maximum Gasteiger partial charge on any atom is 0.423 e. The van der Waals surface area contributed by atoms with Crippen LogP contribution in [-0.4, -0.2) is 44.5 Å². The summed E-state index contributed by atoms with van der Waals surface area (Å²) >= 11 is 0. The zero-order chi connectivity index (χ0) is 19.1. The molecule has 1 N–H and O–H groups in total. The normalized spacial score (nSPS) is 18.2.